The quantitative estimate of drug-likeness (QED) is 0.277. The summed E-state index contributed by atoms with van der Waals surface area (Å²) in [5.74, 6) is 0.465. The molecule has 186 valence electrons. The van der Waals surface area contributed by atoms with Gasteiger partial charge < -0.3 is 15.6 Å². The predicted molar refractivity (Wildman–Crippen MR) is 136 cm³/mol. The Morgan fingerprint density at radius 2 is 1.92 bits per heavy atom. The number of aromatic amines is 2. The molecular formula is C26H24FN9O. The molecule has 1 fully saturated rings. The number of halogens is 1. The second-order valence-corrected chi connectivity index (χ2v) is 9.12. The van der Waals surface area contributed by atoms with Gasteiger partial charge in [-0.05, 0) is 31.7 Å². The summed E-state index contributed by atoms with van der Waals surface area (Å²) in [5.41, 5.74) is 3.20. The van der Waals surface area contributed by atoms with Gasteiger partial charge in [-0.2, -0.15) is 0 Å². The number of rotatable bonds is 6. The van der Waals surface area contributed by atoms with E-state index in [0.717, 1.165) is 36.9 Å². The first-order chi connectivity index (χ1) is 18.1. The van der Waals surface area contributed by atoms with E-state index in [4.69, 9.17) is 9.97 Å². The van der Waals surface area contributed by atoms with Gasteiger partial charge in [0.05, 0.1) is 18.1 Å². The Morgan fingerprint density at radius 1 is 1.05 bits per heavy atom. The van der Waals surface area contributed by atoms with E-state index in [1.54, 1.807) is 6.20 Å². The SMILES string of the molecule is O=C(N[C@H]1CCC[C@@H](Nc2cc(-c3ccccc3)nc(-c3c[nH]c4ncc(F)cc34)n2)C1)c1c[nH]nn1. The molecule has 0 saturated heterocycles. The van der Waals surface area contributed by atoms with Crippen LogP contribution in [0.2, 0.25) is 0 Å². The molecule has 4 heterocycles. The third-order valence-electron chi connectivity index (χ3n) is 6.55. The van der Waals surface area contributed by atoms with Gasteiger partial charge >= 0.3 is 0 Å². The Kier molecular flexibility index (Phi) is 6.01. The lowest BCUT2D eigenvalue weighted by molar-refractivity contribution is 0.0921. The molecule has 0 spiro atoms. The van der Waals surface area contributed by atoms with Gasteiger partial charge in [-0.3, -0.25) is 9.89 Å². The molecule has 1 aliphatic rings. The first-order valence-corrected chi connectivity index (χ1v) is 12.1. The van der Waals surface area contributed by atoms with Crippen molar-refractivity contribution in [2.45, 2.75) is 37.8 Å². The number of amides is 1. The molecule has 1 amide bonds. The Morgan fingerprint density at radius 3 is 2.76 bits per heavy atom. The minimum atomic E-state index is -0.424. The standard InChI is InChI=1S/C26H24FN9O/c27-16-9-19-20(13-29-24(19)28-12-16)25-33-21(15-5-2-1-3-6-15)11-23(34-25)31-17-7-4-8-18(10-17)32-26(37)22-14-30-36-35-22/h1-3,5-6,9,11-14,17-18H,4,7-8,10H2,(H,28,29)(H,32,37)(H,30,35,36)(H,31,33,34)/t17-,18+/m1/s1. The average molecular weight is 498 g/mol. The van der Waals surface area contributed by atoms with E-state index >= 15 is 0 Å². The number of nitrogens with zero attached hydrogens (tertiary/aromatic N) is 5. The third-order valence-corrected chi connectivity index (χ3v) is 6.55. The molecule has 5 aromatic rings. The van der Waals surface area contributed by atoms with Crippen LogP contribution in [0.15, 0.2) is 61.1 Å². The Hall–Kier alpha value is -4.67. The first-order valence-electron chi connectivity index (χ1n) is 12.1. The maximum absolute atomic E-state index is 14.0. The molecule has 10 nitrogen and oxygen atoms in total. The van der Waals surface area contributed by atoms with Crippen molar-refractivity contribution in [3.63, 3.8) is 0 Å². The normalized spacial score (nSPS) is 17.5. The Balaban J connectivity index is 1.29. The van der Waals surface area contributed by atoms with Gasteiger partial charge in [0, 0.05) is 40.9 Å². The van der Waals surface area contributed by atoms with Gasteiger partial charge in [0.15, 0.2) is 11.5 Å². The number of hydrogen-bond donors (Lipinski definition) is 4. The minimum Gasteiger partial charge on any atom is -0.367 e. The molecule has 1 aliphatic carbocycles. The van der Waals surface area contributed by atoms with Gasteiger partial charge in [-0.25, -0.2) is 19.3 Å². The molecule has 4 N–H and O–H groups in total. The van der Waals surface area contributed by atoms with Crippen molar-refractivity contribution in [1.82, 2.24) is 40.7 Å². The van der Waals surface area contributed by atoms with Crippen LogP contribution in [0.5, 0.6) is 0 Å². The van der Waals surface area contributed by atoms with Crippen LogP contribution in [0.3, 0.4) is 0 Å². The minimum absolute atomic E-state index is 0.00742. The van der Waals surface area contributed by atoms with Crippen LogP contribution in [0, 0.1) is 5.82 Å². The molecule has 4 aromatic heterocycles. The van der Waals surface area contributed by atoms with Crippen LogP contribution < -0.4 is 10.6 Å². The highest BCUT2D eigenvalue weighted by molar-refractivity contribution is 5.92. The number of aromatic nitrogens is 7. The molecular weight excluding hydrogens is 473 g/mol. The van der Waals surface area contributed by atoms with E-state index in [-0.39, 0.29) is 23.7 Å². The Bertz CT molecular complexity index is 1530. The summed E-state index contributed by atoms with van der Waals surface area (Å²) in [6, 6.07) is 13.3. The lowest BCUT2D eigenvalue weighted by Gasteiger charge is -2.30. The van der Waals surface area contributed by atoms with Crippen LogP contribution in [0.25, 0.3) is 33.7 Å². The number of carbonyl (C=O) groups is 1. The van der Waals surface area contributed by atoms with Crippen LogP contribution in [0.1, 0.15) is 36.2 Å². The lowest BCUT2D eigenvalue weighted by Crippen LogP contribution is -2.42. The van der Waals surface area contributed by atoms with E-state index in [9.17, 15) is 9.18 Å². The first kappa shape index (κ1) is 22.8. The fourth-order valence-electron chi connectivity index (χ4n) is 4.79. The van der Waals surface area contributed by atoms with Crippen molar-refractivity contribution in [3.05, 3.63) is 72.6 Å². The largest absolute Gasteiger partial charge is 0.367 e. The van der Waals surface area contributed by atoms with E-state index < -0.39 is 5.82 Å². The summed E-state index contributed by atoms with van der Waals surface area (Å²) in [5, 5.41) is 17.2. The van der Waals surface area contributed by atoms with Gasteiger partial charge in [0.1, 0.15) is 17.3 Å². The zero-order chi connectivity index (χ0) is 25.2. The number of nitrogens with one attached hydrogen (secondary N) is 4. The molecule has 1 aromatic carbocycles. The number of hydrogen-bond acceptors (Lipinski definition) is 7. The fourth-order valence-corrected chi connectivity index (χ4v) is 4.79. The zero-order valence-corrected chi connectivity index (χ0v) is 19.8. The Labute approximate surface area is 211 Å². The van der Waals surface area contributed by atoms with Crippen molar-refractivity contribution in [3.8, 4) is 22.6 Å². The number of benzene rings is 1. The number of carbonyl (C=O) groups excluding carboxylic acids is 1. The number of pyridine rings is 1. The maximum atomic E-state index is 14.0. The maximum Gasteiger partial charge on any atom is 0.273 e. The van der Waals surface area contributed by atoms with E-state index in [0.29, 0.717) is 28.2 Å². The molecule has 0 radical (unpaired) electrons. The summed E-state index contributed by atoms with van der Waals surface area (Å²) >= 11 is 0. The second-order valence-electron chi connectivity index (χ2n) is 9.12. The monoisotopic (exact) mass is 497 g/mol. The highest BCUT2D eigenvalue weighted by Crippen LogP contribution is 2.30. The van der Waals surface area contributed by atoms with Crippen molar-refractivity contribution in [1.29, 1.82) is 0 Å². The lowest BCUT2D eigenvalue weighted by atomic mass is 9.91. The van der Waals surface area contributed by atoms with Crippen molar-refractivity contribution in [2.75, 3.05) is 5.32 Å². The van der Waals surface area contributed by atoms with Gasteiger partial charge in [-0.15, -0.1) is 5.10 Å². The molecule has 2 atom stereocenters. The highest BCUT2D eigenvalue weighted by atomic mass is 19.1. The summed E-state index contributed by atoms with van der Waals surface area (Å²) in [4.78, 5) is 29.3. The van der Waals surface area contributed by atoms with Crippen LogP contribution in [-0.2, 0) is 0 Å². The van der Waals surface area contributed by atoms with Gasteiger partial charge in [-0.1, -0.05) is 35.5 Å². The fraction of sp³-hybridized carbons (Fsp3) is 0.231. The summed E-state index contributed by atoms with van der Waals surface area (Å²) < 4.78 is 14.0. The summed E-state index contributed by atoms with van der Waals surface area (Å²) in [6.45, 7) is 0. The molecule has 0 aliphatic heterocycles. The van der Waals surface area contributed by atoms with E-state index in [1.165, 1.54) is 18.5 Å². The van der Waals surface area contributed by atoms with Crippen LogP contribution >= 0.6 is 0 Å². The van der Waals surface area contributed by atoms with Crippen molar-refractivity contribution < 1.29 is 9.18 Å². The zero-order valence-electron chi connectivity index (χ0n) is 19.8. The van der Waals surface area contributed by atoms with Gasteiger partial charge in [0.2, 0.25) is 0 Å². The molecule has 37 heavy (non-hydrogen) atoms. The predicted octanol–water partition coefficient (Wildman–Crippen LogP) is 4.10. The molecule has 11 heteroatoms. The average Bonchev–Trinajstić information content (AvgIpc) is 3.60. The highest BCUT2D eigenvalue weighted by Gasteiger charge is 2.25. The van der Waals surface area contributed by atoms with E-state index in [1.807, 2.05) is 36.4 Å². The molecule has 6 rings (SSSR count). The molecule has 0 unspecified atom stereocenters. The van der Waals surface area contributed by atoms with E-state index in [2.05, 4.69) is 36.0 Å². The number of fused-ring (bicyclic) bond motifs is 1. The van der Waals surface area contributed by atoms with Crippen LogP contribution in [-0.4, -0.2) is 53.3 Å². The third kappa shape index (κ3) is 4.88. The van der Waals surface area contributed by atoms with Crippen molar-refractivity contribution in [2.24, 2.45) is 0 Å². The summed E-state index contributed by atoms with van der Waals surface area (Å²) in [6.07, 6.45) is 7.94. The second kappa shape index (κ2) is 9.76. The molecule has 1 saturated carbocycles. The van der Waals surface area contributed by atoms with Gasteiger partial charge in [0.25, 0.3) is 5.91 Å². The smallest absolute Gasteiger partial charge is 0.273 e. The van der Waals surface area contributed by atoms with Crippen LogP contribution in [0.4, 0.5) is 10.2 Å². The summed E-state index contributed by atoms with van der Waals surface area (Å²) in [7, 11) is 0. The molecule has 0 bridgehead atoms. The van der Waals surface area contributed by atoms with Crippen molar-refractivity contribution >= 4 is 22.8 Å². The topological polar surface area (TPSA) is 137 Å². The number of anilines is 1. The number of H-pyrrole nitrogens is 2.